The fourth-order valence-electron chi connectivity index (χ4n) is 2.46. The molecule has 3 rings (SSSR count). The van der Waals surface area contributed by atoms with Gasteiger partial charge in [-0.3, -0.25) is 4.79 Å². The minimum absolute atomic E-state index is 0.0261. The monoisotopic (exact) mass is 292 g/mol. The lowest BCUT2D eigenvalue weighted by Gasteiger charge is -2.28. The first-order valence-electron chi connectivity index (χ1n) is 6.60. The number of aliphatic carboxylic acids is 1. The number of imidazole rings is 1. The number of para-hydroxylation sites is 1. The molecule has 0 bridgehead atoms. The summed E-state index contributed by atoms with van der Waals surface area (Å²) in [5.41, 5.74) is 1.84. The number of thioether (sulfide) groups is 1. The van der Waals surface area contributed by atoms with Gasteiger partial charge in [0.25, 0.3) is 0 Å². The van der Waals surface area contributed by atoms with Gasteiger partial charge in [-0.05, 0) is 31.4 Å². The van der Waals surface area contributed by atoms with Crippen LogP contribution in [0.1, 0.15) is 25.3 Å². The van der Waals surface area contributed by atoms with Crippen molar-refractivity contribution in [1.29, 1.82) is 0 Å². The Hall–Kier alpha value is -1.69. The molecule has 0 unspecified atom stereocenters. The standard InChI is InChI=1S/C14H16N2O3S/c1-19-11-7-3-6-10-13(11)15-14(20-8-12(17)18)16(10)9-4-2-5-9/h3,6-7,9H,2,4-5,8H2,1H3,(H,17,18). The molecule has 1 N–H and O–H groups in total. The van der Waals surface area contributed by atoms with Crippen LogP contribution in [0.15, 0.2) is 23.4 Å². The molecule has 1 heterocycles. The summed E-state index contributed by atoms with van der Waals surface area (Å²) in [5, 5.41) is 9.64. The van der Waals surface area contributed by atoms with E-state index in [2.05, 4.69) is 9.55 Å². The normalized spacial score (nSPS) is 15.2. The average Bonchev–Trinajstić information content (AvgIpc) is 2.73. The van der Waals surface area contributed by atoms with Crippen LogP contribution in [-0.2, 0) is 4.79 Å². The number of carboxylic acids is 1. The lowest BCUT2D eigenvalue weighted by molar-refractivity contribution is -0.133. The number of aromatic nitrogens is 2. The van der Waals surface area contributed by atoms with Crippen LogP contribution in [0.4, 0.5) is 0 Å². The number of benzene rings is 1. The first-order chi connectivity index (χ1) is 9.70. The molecule has 0 atom stereocenters. The molecule has 6 heteroatoms. The highest BCUT2D eigenvalue weighted by Crippen LogP contribution is 2.39. The maximum absolute atomic E-state index is 10.8. The summed E-state index contributed by atoms with van der Waals surface area (Å²) in [6, 6.07) is 6.28. The highest BCUT2D eigenvalue weighted by molar-refractivity contribution is 7.99. The molecule has 1 fully saturated rings. The van der Waals surface area contributed by atoms with E-state index in [-0.39, 0.29) is 5.75 Å². The third kappa shape index (κ3) is 2.24. The highest BCUT2D eigenvalue weighted by Gasteiger charge is 2.26. The lowest BCUT2D eigenvalue weighted by atomic mass is 9.93. The van der Waals surface area contributed by atoms with Gasteiger partial charge in [0.05, 0.1) is 18.4 Å². The van der Waals surface area contributed by atoms with Crippen LogP contribution in [-0.4, -0.2) is 33.5 Å². The summed E-state index contributed by atoms with van der Waals surface area (Å²) in [5.74, 6) is -0.0647. The molecule has 2 aromatic rings. The van der Waals surface area contributed by atoms with E-state index in [1.807, 2.05) is 18.2 Å². The van der Waals surface area contributed by atoms with Crippen molar-refractivity contribution in [2.24, 2.45) is 0 Å². The second-order valence-corrected chi connectivity index (χ2v) is 5.80. The Morgan fingerprint density at radius 1 is 1.55 bits per heavy atom. The lowest BCUT2D eigenvalue weighted by Crippen LogP contribution is -2.18. The van der Waals surface area contributed by atoms with Crippen LogP contribution >= 0.6 is 11.8 Å². The van der Waals surface area contributed by atoms with Gasteiger partial charge in [0.15, 0.2) is 5.16 Å². The van der Waals surface area contributed by atoms with Crippen molar-refractivity contribution in [3.8, 4) is 5.75 Å². The maximum atomic E-state index is 10.8. The summed E-state index contributed by atoms with van der Waals surface area (Å²) >= 11 is 1.27. The summed E-state index contributed by atoms with van der Waals surface area (Å²) < 4.78 is 7.53. The van der Waals surface area contributed by atoms with E-state index in [4.69, 9.17) is 9.84 Å². The number of methoxy groups -OCH3 is 1. The van der Waals surface area contributed by atoms with Gasteiger partial charge in [-0.1, -0.05) is 17.8 Å². The second-order valence-electron chi connectivity index (χ2n) is 4.86. The molecule has 106 valence electrons. The number of carboxylic acid groups (broad SMARTS) is 1. The first kappa shape index (κ1) is 13.3. The van der Waals surface area contributed by atoms with Crippen molar-refractivity contribution in [3.05, 3.63) is 18.2 Å². The smallest absolute Gasteiger partial charge is 0.313 e. The van der Waals surface area contributed by atoms with E-state index < -0.39 is 5.97 Å². The van der Waals surface area contributed by atoms with Gasteiger partial charge in [0, 0.05) is 6.04 Å². The number of rotatable bonds is 5. The molecule has 0 amide bonds. The average molecular weight is 292 g/mol. The zero-order chi connectivity index (χ0) is 14.1. The van der Waals surface area contributed by atoms with Crippen LogP contribution in [0.5, 0.6) is 5.75 Å². The predicted octanol–water partition coefficient (Wildman–Crippen LogP) is 2.95. The molecule has 0 spiro atoms. The van der Waals surface area contributed by atoms with E-state index in [0.29, 0.717) is 6.04 Å². The Morgan fingerprint density at radius 2 is 2.35 bits per heavy atom. The van der Waals surface area contributed by atoms with Gasteiger partial charge in [-0.2, -0.15) is 0 Å². The van der Waals surface area contributed by atoms with Crippen molar-refractivity contribution in [1.82, 2.24) is 9.55 Å². The zero-order valence-electron chi connectivity index (χ0n) is 11.2. The van der Waals surface area contributed by atoms with E-state index in [1.54, 1.807) is 7.11 Å². The summed E-state index contributed by atoms with van der Waals surface area (Å²) in [6.07, 6.45) is 3.48. The van der Waals surface area contributed by atoms with E-state index in [0.717, 1.165) is 34.8 Å². The van der Waals surface area contributed by atoms with Crippen molar-refractivity contribution in [2.75, 3.05) is 12.9 Å². The molecule has 1 aromatic carbocycles. The zero-order valence-corrected chi connectivity index (χ0v) is 12.0. The van der Waals surface area contributed by atoms with Crippen LogP contribution < -0.4 is 4.74 Å². The second kappa shape index (κ2) is 5.36. The number of carbonyl (C=O) groups is 1. The van der Waals surface area contributed by atoms with E-state index in [9.17, 15) is 4.79 Å². The first-order valence-corrected chi connectivity index (χ1v) is 7.59. The van der Waals surface area contributed by atoms with Crippen molar-refractivity contribution < 1.29 is 14.6 Å². The fraction of sp³-hybridized carbons (Fsp3) is 0.429. The fourth-order valence-corrected chi connectivity index (χ4v) is 3.26. The number of hydrogen-bond donors (Lipinski definition) is 1. The van der Waals surface area contributed by atoms with Crippen molar-refractivity contribution in [2.45, 2.75) is 30.5 Å². The molecule has 1 saturated carbocycles. The van der Waals surface area contributed by atoms with Crippen LogP contribution in [0.3, 0.4) is 0 Å². The van der Waals surface area contributed by atoms with Crippen LogP contribution in [0.25, 0.3) is 11.0 Å². The van der Waals surface area contributed by atoms with Gasteiger partial charge in [0.1, 0.15) is 11.3 Å². The third-order valence-corrected chi connectivity index (χ3v) is 4.57. The number of nitrogens with zero attached hydrogens (tertiary/aromatic N) is 2. The van der Waals surface area contributed by atoms with Gasteiger partial charge >= 0.3 is 5.97 Å². The molecule has 1 aromatic heterocycles. The van der Waals surface area contributed by atoms with E-state index in [1.165, 1.54) is 18.2 Å². The Morgan fingerprint density at radius 3 is 2.95 bits per heavy atom. The summed E-state index contributed by atoms with van der Waals surface area (Å²) in [6.45, 7) is 0. The molecule has 1 aliphatic rings. The number of fused-ring (bicyclic) bond motifs is 1. The summed E-state index contributed by atoms with van der Waals surface area (Å²) in [7, 11) is 1.63. The van der Waals surface area contributed by atoms with E-state index >= 15 is 0 Å². The minimum Gasteiger partial charge on any atom is -0.494 e. The Bertz CT molecular complexity index is 649. The largest absolute Gasteiger partial charge is 0.494 e. The SMILES string of the molecule is COc1cccc2c1nc(SCC(=O)O)n2C1CCC1. The maximum Gasteiger partial charge on any atom is 0.313 e. The molecular weight excluding hydrogens is 276 g/mol. The topological polar surface area (TPSA) is 64.3 Å². The third-order valence-electron chi connectivity index (χ3n) is 3.64. The van der Waals surface area contributed by atoms with Gasteiger partial charge in [0.2, 0.25) is 0 Å². The van der Waals surface area contributed by atoms with Gasteiger partial charge < -0.3 is 14.4 Å². The predicted molar refractivity (Wildman–Crippen MR) is 77.5 cm³/mol. The van der Waals surface area contributed by atoms with Crippen molar-refractivity contribution in [3.63, 3.8) is 0 Å². The Labute approximate surface area is 120 Å². The molecule has 0 saturated heterocycles. The van der Waals surface area contributed by atoms with Crippen molar-refractivity contribution >= 4 is 28.8 Å². The van der Waals surface area contributed by atoms with Gasteiger partial charge in [-0.25, -0.2) is 4.98 Å². The van der Waals surface area contributed by atoms with Gasteiger partial charge in [-0.15, -0.1) is 0 Å². The molecule has 20 heavy (non-hydrogen) atoms. The molecule has 5 nitrogen and oxygen atoms in total. The summed E-state index contributed by atoms with van der Waals surface area (Å²) in [4.78, 5) is 15.4. The Balaban J connectivity index is 2.08. The quantitative estimate of drug-likeness (QED) is 0.858. The number of hydrogen-bond acceptors (Lipinski definition) is 4. The Kier molecular flexibility index (Phi) is 3.56. The minimum atomic E-state index is -0.825. The molecule has 0 aliphatic heterocycles. The molecule has 0 radical (unpaired) electrons. The van der Waals surface area contributed by atoms with Crippen LogP contribution in [0.2, 0.25) is 0 Å². The highest BCUT2D eigenvalue weighted by atomic mass is 32.2. The van der Waals surface area contributed by atoms with Crippen LogP contribution in [0, 0.1) is 0 Å². The number of ether oxygens (including phenoxy) is 1. The molecular formula is C14H16N2O3S. The molecule has 1 aliphatic carbocycles.